The van der Waals surface area contributed by atoms with Gasteiger partial charge in [0.1, 0.15) is 23.8 Å². The van der Waals surface area contributed by atoms with Crippen molar-refractivity contribution in [3.63, 3.8) is 0 Å². The number of H-pyrrole nitrogens is 1. The Balaban J connectivity index is 1.30. The molecule has 8 heteroatoms. The number of halogens is 2. The summed E-state index contributed by atoms with van der Waals surface area (Å²) < 4.78 is 32.2. The predicted molar refractivity (Wildman–Crippen MR) is 122 cm³/mol. The topological polar surface area (TPSA) is 76.6 Å². The van der Waals surface area contributed by atoms with Gasteiger partial charge < -0.3 is 24.3 Å². The van der Waals surface area contributed by atoms with Crippen molar-refractivity contribution in [2.45, 2.75) is 24.4 Å². The van der Waals surface area contributed by atoms with Gasteiger partial charge in [0.2, 0.25) is 11.7 Å². The number of nitrogens with zero attached hydrogens (tertiary/aromatic N) is 1. The number of rotatable bonds is 4. The number of aromatic amines is 1. The minimum Gasteiger partial charge on any atom is -0.468 e. The van der Waals surface area contributed by atoms with Crippen molar-refractivity contribution in [2.75, 3.05) is 13.2 Å². The maximum absolute atomic E-state index is 15.2. The minimum absolute atomic E-state index is 0.0515. The number of hydrogen-bond donors (Lipinski definition) is 2. The molecule has 168 valence electrons. The molecule has 4 aromatic rings. The number of nitrogens with one attached hydrogen (secondary N) is 1. The molecule has 6 nitrogen and oxygen atoms in total. The zero-order valence-electron chi connectivity index (χ0n) is 17.4. The zero-order chi connectivity index (χ0) is 22.5. The third-order valence-electron chi connectivity index (χ3n) is 6.15. The van der Waals surface area contributed by atoms with E-state index in [0.717, 1.165) is 16.7 Å². The summed E-state index contributed by atoms with van der Waals surface area (Å²) in [6.07, 6.45) is -2.14. The van der Waals surface area contributed by atoms with Crippen LogP contribution in [0, 0.1) is 5.82 Å². The van der Waals surface area contributed by atoms with E-state index >= 15 is 4.39 Å². The monoisotopic (exact) mass is 466 g/mol. The molecule has 0 spiro atoms. The molecular weight excluding hydrogens is 447 g/mol. The van der Waals surface area contributed by atoms with Crippen LogP contribution in [0.4, 0.5) is 4.39 Å². The lowest BCUT2D eigenvalue weighted by molar-refractivity contribution is 0.00723. The van der Waals surface area contributed by atoms with Crippen LogP contribution in [0.25, 0.3) is 33.4 Å². The lowest BCUT2D eigenvalue weighted by atomic mass is 10.0. The molecule has 0 aliphatic carbocycles. The van der Waals surface area contributed by atoms with E-state index in [0.29, 0.717) is 16.2 Å². The van der Waals surface area contributed by atoms with Crippen LogP contribution in [0.2, 0.25) is 5.02 Å². The van der Waals surface area contributed by atoms with Gasteiger partial charge >= 0.3 is 0 Å². The molecule has 2 saturated heterocycles. The highest BCUT2D eigenvalue weighted by molar-refractivity contribution is 6.33. The molecule has 0 amide bonds. The highest BCUT2D eigenvalue weighted by Gasteiger charge is 2.48. The number of aliphatic hydroxyl groups is 1. The van der Waals surface area contributed by atoms with Crippen LogP contribution >= 0.6 is 11.6 Å². The van der Waals surface area contributed by atoms with Gasteiger partial charge in [-0.1, -0.05) is 66.2 Å². The number of aliphatic hydroxyl groups excluding tert-OH is 1. The first-order valence-electron chi connectivity index (χ1n) is 10.7. The summed E-state index contributed by atoms with van der Waals surface area (Å²) >= 11 is 6.50. The molecule has 2 aliphatic heterocycles. The van der Waals surface area contributed by atoms with Crippen molar-refractivity contribution >= 4 is 22.6 Å². The number of aromatic nitrogens is 2. The van der Waals surface area contributed by atoms with Crippen molar-refractivity contribution in [3.05, 3.63) is 71.5 Å². The van der Waals surface area contributed by atoms with E-state index in [9.17, 15) is 5.11 Å². The highest BCUT2D eigenvalue weighted by atomic mass is 35.5. The quantitative estimate of drug-likeness (QED) is 0.460. The maximum atomic E-state index is 15.2. The van der Waals surface area contributed by atoms with Crippen molar-refractivity contribution in [1.82, 2.24) is 9.97 Å². The summed E-state index contributed by atoms with van der Waals surface area (Å²) in [6, 6.07) is 19.5. The van der Waals surface area contributed by atoms with E-state index in [2.05, 4.69) is 9.97 Å². The Morgan fingerprint density at radius 1 is 0.970 bits per heavy atom. The second-order valence-electron chi connectivity index (χ2n) is 8.25. The molecule has 2 aromatic heterocycles. The highest BCUT2D eigenvalue weighted by Crippen LogP contribution is 2.36. The first kappa shape index (κ1) is 20.6. The number of pyridine rings is 1. The largest absolute Gasteiger partial charge is 0.468 e. The van der Waals surface area contributed by atoms with Crippen LogP contribution in [0.15, 0.2) is 60.7 Å². The number of ether oxygens (including phenoxy) is 3. The van der Waals surface area contributed by atoms with Crippen LogP contribution in [0.3, 0.4) is 0 Å². The summed E-state index contributed by atoms with van der Waals surface area (Å²) in [5.41, 5.74) is 4.01. The molecule has 2 fully saturated rings. The first-order valence-corrected chi connectivity index (χ1v) is 11.1. The molecule has 2 aliphatic rings. The van der Waals surface area contributed by atoms with Gasteiger partial charge in [0.25, 0.3) is 0 Å². The summed E-state index contributed by atoms with van der Waals surface area (Å²) in [7, 11) is 0. The molecular formula is C25H20ClFN2O4. The summed E-state index contributed by atoms with van der Waals surface area (Å²) in [5.74, 6) is -0.657. The van der Waals surface area contributed by atoms with Crippen LogP contribution in [-0.2, 0) is 9.47 Å². The van der Waals surface area contributed by atoms with Crippen LogP contribution in [-0.4, -0.2) is 52.7 Å². The summed E-state index contributed by atoms with van der Waals surface area (Å²) in [4.78, 5) is 7.41. The van der Waals surface area contributed by atoms with Crippen molar-refractivity contribution in [2.24, 2.45) is 0 Å². The fourth-order valence-electron chi connectivity index (χ4n) is 4.47. The van der Waals surface area contributed by atoms with Gasteiger partial charge in [0.15, 0.2) is 6.10 Å². The van der Waals surface area contributed by atoms with Gasteiger partial charge in [-0.3, -0.25) is 0 Å². The van der Waals surface area contributed by atoms with E-state index in [-0.39, 0.29) is 24.6 Å². The van der Waals surface area contributed by atoms with E-state index in [1.54, 1.807) is 6.07 Å². The van der Waals surface area contributed by atoms with E-state index < -0.39 is 30.2 Å². The first-order chi connectivity index (χ1) is 16.1. The average molecular weight is 467 g/mol. The van der Waals surface area contributed by atoms with Gasteiger partial charge in [0.05, 0.1) is 29.4 Å². The fourth-order valence-corrected chi connectivity index (χ4v) is 4.73. The smallest absolute Gasteiger partial charge is 0.231 e. The van der Waals surface area contributed by atoms with Crippen molar-refractivity contribution < 1.29 is 23.7 Å². The van der Waals surface area contributed by atoms with E-state index in [4.69, 9.17) is 25.8 Å². The predicted octanol–water partition coefficient (Wildman–Crippen LogP) is 4.60. The molecule has 4 unspecified atom stereocenters. The van der Waals surface area contributed by atoms with Crippen LogP contribution in [0.1, 0.15) is 0 Å². The van der Waals surface area contributed by atoms with Gasteiger partial charge in [-0.2, -0.15) is 4.39 Å². The molecule has 0 bridgehead atoms. The van der Waals surface area contributed by atoms with Gasteiger partial charge in [-0.25, -0.2) is 4.98 Å². The second-order valence-corrected chi connectivity index (χ2v) is 8.65. The normalized spacial score (nSPS) is 24.3. The second kappa shape index (κ2) is 8.11. The Kier molecular flexibility index (Phi) is 5.07. The van der Waals surface area contributed by atoms with Crippen LogP contribution < -0.4 is 4.74 Å². The van der Waals surface area contributed by atoms with Gasteiger partial charge in [-0.05, 0) is 17.2 Å². The Hall–Kier alpha value is -2.97. The van der Waals surface area contributed by atoms with Gasteiger partial charge in [0, 0.05) is 5.56 Å². The SMILES string of the molecule is OC1COC2C(Oc3[nH]c4cc(Cl)c(-c5ccc(-c6ccccc6)cc5)nc4c3F)COC12. The van der Waals surface area contributed by atoms with Crippen molar-refractivity contribution in [1.29, 1.82) is 0 Å². The number of benzene rings is 2. The minimum atomic E-state index is -0.701. The Morgan fingerprint density at radius 2 is 1.67 bits per heavy atom. The lowest BCUT2D eigenvalue weighted by Gasteiger charge is -2.16. The summed E-state index contributed by atoms with van der Waals surface area (Å²) in [6.45, 7) is 0.377. The zero-order valence-corrected chi connectivity index (χ0v) is 18.1. The molecule has 0 radical (unpaired) electrons. The molecule has 0 saturated carbocycles. The average Bonchev–Trinajstić information content (AvgIpc) is 3.50. The molecule has 4 heterocycles. The summed E-state index contributed by atoms with van der Waals surface area (Å²) in [5, 5.41) is 10.3. The molecule has 2 N–H and O–H groups in total. The Morgan fingerprint density at radius 3 is 2.45 bits per heavy atom. The maximum Gasteiger partial charge on any atom is 0.231 e. The lowest BCUT2D eigenvalue weighted by Crippen LogP contribution is -2.34. The molecule has 4 atom stereocenters. The number of fused-ring (bicyclic) bond motifs is 2. The Bertz CT molecular complexity index is 1310. The molecule has 33 heavy (non-hydrogen) atoms. The molecule has 2 aromatic carbocycles. The number of hydrogen-bond acceptors (Lipinski definition) is 5. The standard InChI is InChI=1S/C25H20ClFN2O4/c26-16-10-17-22(20(27)25(28-17)33-19-12-32-23-18(30)11-31-24(19)23)29-21(16)15-8-6-14(7-9-15)13-4-2-1-3-5-13/h1-10,18-19,23-24,28,30H,11-12H2. The van der Waals surface area contributed by atoms with E-state index in [1.165, 1.54) is 0 Å². The third-order valence-corrected chi connectivity index (χ3v) is 6.44. The fraction of sp³-hybridized carbons (Fsp3) is 0.240. The van der Waals surface area contributed by atoms with Gasteiger partial charge in [-0.15, -0.1) is 0 Å². The molecule has 6 rings (SSSR count). The van der Waals surface area contributed by atoms with E-state index in [1.807, 2.05) is 54.6 Å². The Labute approximate surface area is 193 Å². The van der Waals surface area contributed by atoms with Crippen molar-refractivity contribution in [3.8, 4) is 28.3 Å². The van der Waals surface area contributed by atoms with Crippen LogP contribution in [0.5, 0.6) is 5.88 Å². The third kappa shape index (κ3) is 3.57.